The Morgan fingerprint density at radius 2 is 2.18 bits per heavy atom. The Bertz CT molecular complexity index is 392. The molecule has 1 aliphatic rings. The number of nitrogens with zero attached hydrogens (tertiary/aromatic N) is 3. The molecule has 0 radical (unpaired) electrons. The average Bonchev–Trinajstić information content (AvgIpc) is 2.28. The lowest BCUT2D eigenvalue weighted by atomic mass is 10.1. The van der Waals surface area contributed by atoms with Crippen molar-refractivity contribution >= 4 is 5.95 Å². The van der Waals surface area contributed by atoms with Gasteiger partial charge in [0, 0.05) is 24.5 Å². The van der Waals surface area contributed by atoms with Gasteiger partial charge in [-0.15, -0.1) is 0 Å². The van der Waals surface area contributed by atoms with Gasteiger partial charge in [0.1, 0.15) is 0 Å². The van der Waals surface area contributed by atoms with Crippen molar-refractivity contribution in [3.8, 4) is 0 Å². The van der Waals surface area contributed by atoms with Crippen molar-refractivity contribution < 1.29 is 5.11 Å². The van der Waals surface area contributed by atoms with Crippen LogP contribution in [0.15, 0.2) is 6.07 Å². The lowest BCUT2D eigenvalue weighted by Gasteiger charge is -2.30. The van der Waals surface area contributed by atoms with Crippen LogP contribution >= 0.6 is 0 Å². The summed E-state index contributed by atoms with van der Waals surface area (Å²) >= 11 is 0. The van der Waals surface area contributed by atoms with Gasteiger partial charge in [0.15, 0.2) is 0 Å². The van der Waals surface area contributed by atoms with Gasteiger partial charge in [0.2, 0.25) is 5.95 Å². The summed E-state index contributed by atoms with van der Waals surface area (Å²) in [5.41, 5.74) is 2.08. The third-order valence-electron chi connectivity index (χ3n) is 3.13. The molecule has 0 unspecified atom stereocenters. The summed E-state index contributed by atoms with van der Waals surface area (Å²) in [5.74, 6) is 1.18. The van der Waals surface area contributed by atoms with E-state index in [0.717, 1.165) is 36.7 Å². The number of rotatable bonds is 2. The van der Waals surface area contributed by atoms with Crippen LogP contribution in [0.2, 0.25) is 0 Å². The Hall–Kier alpha value is -1.16. The third kappa shape index (κ3) is 2.94. The molecule has 2 rings (SSSR count). The van der Waals surface area contributed by atoms with Crippen LogP contribution in [0.4, 0.5) is 5.95 Å². The first-order valence-electron chi connectivity index (χ1n) is 6.35. The van der Waals surface area contributed by atoms with E-state index in [2.05, 4.69) is 28.7 Å². The molecule has 0 spiro atoms. The second kappa shape index (κ2) is 5.00. The van der Waals surface area contributed by atoms with Crippen LogP contribution in [0.25, 0.3) is 0 Å². The van der Waals surface area contributed by atoms with E-state index in [1.54, 1.807) is 0 Å². The van der Waals surface area contributed by atoms with Crippen molar-refractivity contribution in [3.63, 3.8) is 0 Å². The Morgan fingerprint density at radius 1 is 1.41 bits per heavy atom. The highest BCUT2D eigenvalue weighted by molar-refractivity contribution is 5.34. The molecule has 1 aromatic rings. The van der Waals surface area contributed by atoms with Gasteiger partial charge in [-0.3, -0.25) is 0 Å². The quantitative estimate of drug-likeness (QED) is 0.850. The van der Waals surface area contributed by atoms with Crippen LogP contribution in [0.5, 0.6) is 0 Å². The lowest BCUT2D eigenvalue weighted by Crippen LogP contribution is -2.39. The highest BCUT2D eigenvalue weighted by atomic mass is 16.3. The standard InChI is InChI=1S/C13H21N3O/c1-9(2)12-7-10(3)14-13(15-12)16-6-4-5-11(17)8-16/h7,9,11,17H,4-6,8H2,1-3H3/t11-/m0/s1. The summed E-state index contributed by atoms with van der Waals surface area (Å²) in [4.78, 5) is 11.2. The van der Waals surface area contributed by atoms with Gasteiger partial charge < -0.3 is 10.0 Å². The molecule has 4 nitrogen and oxygen atoms in total. The molecule has 1 aliphatic heterocycles. The van der Waals surface area contributed by atoms with E-state index in [-0.39, 0.29) is 6.10 Å². The Kier molecular flexibility index (Phi) is 3.62. The minimum Gasteiger partial charge on any atom is -0.391 e. The van der Waals surface area contributed by atoms with Crippen LogP contribution < -0.4 is 4.90 Å². The number of hydrogen-bond donors (Lipinski definition) is 1. The van der Waals surface area contributed by atoms with Crippen molar-refractivity contribution in [2.75, 3.05) is 18.0 Å². The monoisotopic (exact) mass is 235 g/mol. The molecule has 1 aromatic heterocycles. The first kappa shape index (κ1) is 12.3. The Labute approximate surface area is 103 Å². The van der Waals surface area contributed by atoms with Gasteiger partial charge in [-0.05, 0) is 31.7 Å². The Morgan fingerprint density at radius 3 is 2.82 bits per heavy atom. The van der Waals surface area contributed by atoms with Crippen LogP contribution in [0.3, 0.4) is 0 Å². The molecule has 0 aliphatic carbocycles. The average molecular weight is 235 g/mol. The zero-order valence-electron chi connectivity index (χ0n) is 10.8. The number of β-amino-alcohol motifs (C(OH)–C–C–N with tert-alkyl or cyclic N) is 1. The molecule has 1 saturated heterocycles. The number of anilines is 1. The van der Waals surface area contributed by atoms with Gasteiger partial charge >= 0.3 is 0 Å². The van der Waals surface area contributed by atoms with E-state index in [9.17, 15) is 5.11 Å². The van der Waals surface area contributed by atoms with Gasteiger partial charge in [0.25, 0.3) is 0 Å². The molecule has 94 valence electrons. The molecular weight excluding hydrogens is 214 g/mol. The lowest BCUT2D eigenvalue weighted by molar-refractivity contribution is 0.153. The maximum atomic E-state index is 9.69. The van der Waals surface area contributed by atoms with Crippen LogP contribution in [-0.4, -0.2) is 34.3 Å². The minimum atomic E-state index is -0.240. The molecule has 17 heavy (non-hydrogen) atoms. The largest absolute Gasteiger partial charge is 0.391 e. The highest BCUT2D eigenvalue weighted by Crippen LogP contribution is 2.20. The topological polar surface area (TPSA) is 49.2 Å². The highest BCUT2D eigenvalue weighted by Gasteiger charge is 2.20. The van der Waals surface area contributed by atoms with Crippen molar-refractivity contribution in [1.29, 1.82) is 0 Å². The van der Waals surface area contributed by atoms with E-state index in [1.165, 1.54) is 0 Å². The van der Waals surface area contributed by atoms with Crippen molar-refractivity contribution in [2.24, 2.45) is 0 Å². The molecule has 0 amide bonds. The molecule has 2 heterocycles. The summed E-state index contributed by atoms with van der Waals surface area (Å²) in [5, 5.41) is 9.69. The SMILES string of the molecule is Cc1cc(C(C)C)nc(N2CCC[C@H](O)C2)n1. The fourth-order valence-electron chi connectivity index (χ4n) is 2.15. The number of aromatic nitrogens is 2. The van der Waals surface area contributed by atoms with E-state index >= 15 is 0 Å². The molecule has 1 N–H and O–H groups in total. The van der Waals surface area contributed by atoms with Gasteiger partial charge in [-0.2, -0.15) is 0 Å². The van der Waals surface area contributed by atoms with Gasteiger partial charge in [-0.1, -0.05) is 13.8 Å². The fourth-order valence-corrected chi connectivity index (χ4v) is 2.15. The summed E-state index contributed by atoms with van der Waals surface area (Å²) in [6.45, 7) is 7.86. The normalized spacial score (nSPS) is 21.0. The number of aliphatic hydroxyl groups excluding tert-OH is 1. The maximum Gasteiger partial charge on any atom is 0.225 e. The summed E-state index contributed by atoms with van der Waals surface area (Å²) in [7, 11) is 0. The first-order valence-corrected chi connectivity index (χ1v) is 6.35. The number of aryl methyl sites for hydroxylation is 1. The third-order valence-corrected chi connectivity index (χ3v) is 3.13. The second-order valence-electron chi connectivity index (χ2n) is 5.13. The second-order valence-corrected chi connectivity index (χ2v) is 5.13. The number of aliphatic hydroxyl groups is 1. The van der Waals surface area contributed by atoms with E-state index in [0.29, 0.717) is 12.5 Å². The maximum absolute atomic E-state index is 9.69. The fraction of sp³-hybridized carbons (Fsp3) is 0.692. The van der Waals surface area contributed by atoms with Crippen LogP contribution in [0.1, 0.15) is 44.0 Å². The number of piperidine rings is 1. The molecule has 1 atom stereocenters. The van der Waals surface area contributed by atoms with Crippen LogP contribution in [-0.2, 0) is 0 Å². The summed E-state index contributed by atoms with van der Waals surface area (Å²) in [6.07, 6.45) is 1.66. The summed E-state index contributed by atoms with van der Waals surface area (Å²) in [6, 6.07) is 2.04. The molecular formula is C13H21N3O. The van der Waals surface area contributed by atoms with Crippen LogP contribution in [0, 0.1) is 6.92 Å². The Balaban J connectivity index is 2.25. The van der Waals surface area contributed by atoms with Crippen molar-refractivity contribution in [3.05, 3.63) is 17.5 Å². The number of hydrogen-bond acceptors (Lipinski definition) is 4. The smallest absolute Gasteiger partial charge is 0.225 e. The summed E-state index contributed by atoms with van der Waals surface area (Å²) < 4.78 is 0. The molecule has 0 bridgehead atoms. The molecule has 0 saturated carbocycles. The van der Waals surface area contributed by atoms with E-state index in [1.807, 2.05) is 13.0 Å². The van der Waals surface area contributed by atoms with Gasteiger partial charge in [0.05, 0.1) is 6.10 Å². The molecule has 0 aromatic carbocycles. The van der Waals surface area contributed by atoms with Crippen molar-refractivity contribution in [2.45, 2.75) is 45.6 Å². The van der Waals surface area contributed by atoms with E-state index in [4.69, 9.17) is 0 Å². The van der Waals surface area contributed by atoms with Gasteiger partial charge in [-0.25, -0.2) is 9.97 Å². The predicted octanol–water partition coefficient (Wildman–Crippen LogP) is 1.87. The van der Waals surface area contributed by atoms with E-state index < -0.39 is 0 Å². The first-order chi connectivity index (χ1) is 8.06. The van der Waals surface area contributed by atoms with Crippen molar-refractivity contribution in [1.82, 2.24) is 9.97 Å². The zero-order valence-corrected chi connectivity index (χ0v) is 10.8. The molecule has 4 heteroatoms. The minimum absolute atomic E-state index is 0.240. The zero-order chi connectivity index (χ0) is 12.4. The molecule has 1 fully saturated rings. The predicted molar refractivity (Wildman–Crippen MR) is 68.3 cm³/mol.